The zero-order valence-electron chi connectivity index (χ0n) is 9.56. The van der Waals surface area contributed by atoms with Gasteiger partial charge >= 0.3 is 0 Å². The quantitative estimate of drug-likeness (QED) is 0.703. The van der Waals surface area contributed by atoms with Gasteiger partial charge in [-0.3, -0.25) is 0 Å². The van der Waals surface area contributed by atoms with Crippen molar-refractivity contribution in [3.05, 3.63) is 13.8 Å². The van der Waals surface area contributed by atoms with Gasteiger partial charge in [0.15, 0.2) is 0 Å². The Bertz CT molecular complexity index is 20.9. The molecule has 0 unspecified atom stereocenters. The van der Waals surface area contributed by atoms with Crippen LogP contribution in [-0.2, 0) is 10.2 Å². The van der Waals surface area contributed by atoms with Crippen molar-refractivity contribution in [2.24, 2.45) is 0 Å². The molecule has 3 heteroatoms. The van der Waals surface area contributed by atoms with Crippen molar-refractivity contribution in [2.75, 3.05) is 14.2 Å². The second kappa shape index (κ2) is 78.4. The first-order valence-corrected chi connectivity index (χ1v) is 4.23. The largest absolute Gasteiger partial charge is 0.240 e. The molecule has 0 spiro atoms. The molecule has 0 fully saturated rings. The minimum atomic E-state index is 0. The molecular weight excluding hydrogens is 271 g/mol. The summed E-state index contributed by atoms with van der Waals surface area (Å²) in [4.78, 5) is 0. The number of hydrogen-bond donors (Lipinski definition) is 0. The Morgan fingerprint density at radius 2 is 0.846 bits per heavy atom. The first-order valence-electron chi connectivity index (χ1n) is 4.23. The van der Waals surface area contributed by atoms with Crippen molar-refractivity contribution in [2.45, 2.75) is 39.5 Å². The van der Waals surface area contributed by atoms with E-state index in [1.165, 1.54) is 12.8 Å². The minimum Gasteiger partial charge on any atom is -0.240 e. The SMILES string of the molecule is C[O].C[O].[CH2]CCC.[CH2]CCC.[Sn]. The molecule has 0 saturated carbocycles. The Labute approximate surface area is 102 Å². The predicted octanol–water partition coefficient (Wildman–Crippen LogP) is 2.95. The average molecular weight is 295 g/mol. The van der Waals surface area contributed by atoms with Crippen LogP contribution in [0.15, 0.2) is 0 Å². The Hall–Kier alpha value is 0.719. The maximum absolute atomic E-state index is 8.25. The van der Waals surface area contributed by atoms with Crippen LogP contribution in [0.4, 0.5) is 0 Å². The Balaban J connectivity index is -0.0000000226. The summed E-state index contributed by atoms with van der Waals surface area (Å²) in [5, 5.41) is 16.5. The molecule has 0 heterocycles. The molecule has 0 N–H and O–H groups in total. The number of hydrogen-bond acceptors (Lipinski definition) is 0. The molecule has 0 aromatic carbocycles. The average Bonchev–Trinajstić information content (AvgIpc) is 2.23. The molecule has 0 atom stereocenters. The topological polar surface area (TPSA) is 39.8 Å². The van der Waals surface area contributed by atoms with E-state index >= 15 is 0 Å². The molecule has 0 bridgehead atoms. The summed E-state index contributed by atoms with van der Waals surface area (Å²) in [6, 6.07) is 0. The van der Waals surface area contributed by atoms with Crippen LogP contribution in [0.5, 0.6) is 0 Å². The van der Waals surface area contributed by atoms with Gasteiger partial charge in [-0.25, -0.2) is 10.2 Å². The maximum Gasteiger partial charge on any atom is 0.0712 e. The molecule has 0 amide bonds. The van der Waals surface area contributed by atoms with Crippen LogP contribution in [0, 0.1) is 13.8 Å². The van der Waals surface area contributed by atoms with Gasteiger partial charge in [0.2, 0.25) is 0 Å². The van der Waals surface area contributed by atoms with Crippen LogP contribution in [0.3, 0.4) is 0 Å². The van der Waals surface area contributed by atoms with Crippen molar-refractivity contribution in [3.63, 3.8) is 0 Å². The Kier molecular flexibility index (Phi) is 176. The molecule has 2 nitrogen and oxygen atoms in total. The smallest absolute Gasteiger partial charge is 0.0712 e. The first kappa shape index (κ1) is 29.2. The van der Waals surface area contributed by atoms with Crippen molar-refractivity contribution < 1.29 is 10.2 Å². The van der Waals surface area contributed by atoms with E-state index in [9.17, 15) is 0 Å². The van der Waals surface area contributed by atoms with E-state index in [1.807, 2.05) is 0 Å². The summed E-state index contributed by atoms with van der Waals surface area (Å²) in [6.45, 7) is 11.4. The van der Waals surface area contributed by atoms with E-state index in [0.29, 0.717) is 0 Å². The molecule has 0 aliphatic carbocycles. The van der Waals surface area contributed by atoms with E-state index in [1.54, 1.807) is 0 Å². The van der Waals surface area contributed by atoms with Gasteiger partial charge in [-0.15, -0.1) is 0 Å². The van der Waals surface area contributed by atoms with Gasteiger partial charge in [0.1, 0.15) is 0 Å². The standard InChI is InChI=1S/2C4H9.2CH3O.Sn/c2*1-3-4-2;2*1-2;/h2*1,3-4H2,2H3;2*1H3;. The summed E-state index contributed by atoms with van der Waals surface area (Å²) < 4.78 is 0. The summed E-state index contributed by atoms with van der Waals surface area (Å²) in [6.07, 6.45) is 4.56. The fourth-order valence-corrected chi connectivity index (χ4v) is 0. The summed E-state index contributed by atoms with van der Waals surface area (Å²) in [5.74, 6) is 0. The van der Waals surface area contributed by atoms with Crippen molar-refractivity contribution in [1.82, 2.24) is 0 Å². The molecule has 80 valence electrons. The fraction of sp³-hybridized carbons (Fsp3) is 0.800. The third kappa shape index (κ3) is 198. The summed E-state index contributed by atoms with van der Waals surface area (Å²) >= 11 is 0. The third-order valence-corrected chi connectivity index (χ3v) is 0.707. The van der Waals surface area contributed by atoms with Gasteiger partial charge in [-0.1, -0.05) is 53.4 Å². The Morgan fingerprint density at radius 3 is 0.846 bits per heavy atom. The van der Waals surface area contributed by atoms with E-state index in [-0.39, 0.29) is 23.9 Å². The van der Waals surface area contributed by atoms with Gasteiger partial charge in [-0.2, -0.15) is 0 Å². The van der Waals surface area contributed by atoms with Crippen molar-refractivity contribution in [3.8, 4) is 0 Å². The summed E-state index contributed by atoms with van der Waals surface area (Å²) in [7, 11) is 1.50. The fourth-order valence-electron chi connectivity index (χ4n) is 0. The molecule has 0 aromatic heterocycles. The zero-order chi connectivity index (χ0) is 10.8. The third-order valence-electron chi connectivity index (χ3n) is 0.707. The van der Waals surface area contributed by atoms with E-state index in [0.717, 1.165) is 27.1 Å². The molecule has 13 heavy (non-hydrogen) atoms. The maximum atomic E-state index is 8.25. The number of rotatable bonds is 2. The Morgan fingerprint density at radius 1 is 0.769 bits per heavy atom. The second-order valence-electron chi connectivity index (χ2n) is 1.71. The van der Waals surface area contributed by atoms with E-state index in [4.69, 9.17) is 10.2 Å². The first-order chi connectivity index (χ1) is 5.83. The van der Waals surface area contributed by atoms with Crippen LogP contribution in [0.2, 0.25) is 0 Å². The van der Waals surface area contributed by atoms with Crippen molar-refractivity contribution >= 4 is 23.9 Å². The van der Waals surface area contributed by atoms with Crippen LogP contribution >= 0.6 is 0 Å². The van der Waals surface area contributed by atoms with E-state index < -0.39 is 0 Å². The van der Waals surface area contributed by atoms with E-state index in [2.05, 4.69) is 27.7 Å². The van der Waals surface area contributed by atoms with Crippen LogP contribution in [0.1, 0.15) is 39.5 Å². The predicted molar refractivity (Wildman–Crippen MR) is 59.5 cm³/mol. The monoisotopic (exact) mass is 296 g/mol. The summed E-state index contributed by atoms with van der Waals surface area (Å²) in [5.41, 5.74) is 0. The van der Waals surface area contributed by atoms with Crippen LogP contribution < -0.4 is 0 Å². The van der Waals surface area contributed by atoms with Gasteiger partial charge in [0.25, 0.3) is 0 Å². The van der Waals surface area contributed by atoms with Crippen LogP contribution in [-0.4, -0.2) is 38.1 Å². The van der Waals surface area contributed by atoms with Gasteiger partial charge in [0, 0.05) is 23.9 Å². The molecule has 0 rings (SSSR count). The van der Waals surface area contributed by atoms with Crippen LogP contribution in [0.25, 0.3) is 0 Å². The molecule has 0 aliphatic rings. The van der Waals surface area contributed by atoms with Gasteiger partial charge in [0.05, 0.1) is 14.2 Å². The minimum absolute atomic E-state index is 0. The van der Waals surface area contributed by atoms with Gasteiger partial charge < -0.3 is 0 Å². The molecule has 0 saturated heterocycles. The molecular formula is C10H24O2Sn. The molecule has 8 radical (unpaired) electrons. The number of unbranched alkanes of at least 4 members (excludes halogenated alkanes) is 2. The normalized spacial score (nSPS) is 5.54. The molecule has 0 aromatic rings. The second-order valence-corrected chi connectivity index (χ2v) is 1.71. The van der Waals surface area contributed by atoms with Gasteiger partial charge in [-0.05, 0) is 0 Å². The molecule has 0 aliphatic heterocycles. The van der Waals surface area contributed by atoms with Crippen molar-refractivity contribution in [1.29, 1.82) is 0 Å². The zero-order valence-corrected chi connectivity index (χ0v) is 12.4.